The molecule has 1 saturated carbocycles. The van der Waals surface area contributed by atoms with Crippen LogP contribution in [0.4, 0.5) is 0 Å². The first kappa shape index (κ1) is 9.97. The summed E-state index contributed by atoms with van der Waals surface area (Å²) < 4.78 is 5.59. The summed E-state index contributed by atoms with van der Waals surface area (Å²) in [5.41, 5.74) is 1.15. The first-order valence-corrected chi connectivity index (χ1v) is 6.02. The van der Waals surface area contributed by atoms with Gasteiger partial charge in [-0.1, -0.05) is 0 Å². The Bertz CT molecular complexity index is 388. The fraction of sp³-hybridized carbons (Fsp3) is 0.538. The van der Waals surface area contributed by atoms with E-state index < -0.39 is 0 Å². The van der Waals surface area contributed by atoms with Crippen molar-refractivity contribution in [3.63, 3.8) is 0 Å². The van der Waals surface area contributed by atoms with E-state index in [4.69, 9.17) is 4.74 Å². The fourth-order valence-corrected chi connectivity index (χ4v) is 2.26. The average molecular weight is 219 g/mol. The maximum Gasteiger partial charge on any atom is 0.123 e. The molecule has 16 heavy (non-hydrogen) atoms. The van der Waals surface area contributed by atoms with Gasteiger partial charge in [0.15, 0.2) is 0 Å². The van der Waals surface area contributed by atoms with Crippen molar-refractivity contribution >= 4 is 0 Å². The van der Waals surface area contributed by atoms with Crippen LogP contribution in [-0.4, -0.2) is 24.3 Å². The van der Waals surface area contributed by atoms with Crippen LogP contribution in [0.3, 0.4) is 0 Å². The van der Waals surface area contributed by atoms with Gasteiger partial charge in [0.05, 0.1) is 6.61 Å². The lowest BCUT2D eigenvalue weighted by Crippen LogP contribution is -2.27. The summed E-state index contributed by atoms with van der Waals surface area (Å²) in [6, 6.07) is 6.14. The summed E-state index contributed by atoms with van der Waals surface area (Å²) in [5, 5.41) is 13.1. The monoisotopic (exact) mass is 219 g/mol. The summed E-state index contributed by atoms with van der Waals surface area (Å²) >= 11 is 0. The molecule has 0 saturated heterocycles. The van der Waals surface area contributed by atoms with Crippen molar-refractivity contribution in [1.82, 2.24) is 5.32 Å². The van der Waals surface area contributed by atoms with Gasteiger partial charge in [0, 0.05) is 24.1 Å². The third-order valence-electron chi connectivity index (χ3n) is 3.39. The molecular formula is C13H17NO2. The largest absolute Gasteiger partial charge is 0.508 e. The summed E-state index contributed by atoms with van der Waals surface area (Å²) in [6.07, 6.45) is 3.67. The maximum absolute atomic E-state index is 9.52. The number of ether oxygens (including phenoxy) is 1. The van der Waals surface area contributed by atoms with E-state index in [1.807, 2.05) is 12.1 Å². The van der Waals surface area contributed by atoms with Crippen LogP contribution in [-0.2, 0) is 0 Å². The fourth-order valence-electron chi connectivity index (χ4n) is 2.26. The summed E-state index contributed by atoms with van der Waals surface area (Å²) in [5.74, 6) is 1.75. The zero-order chi connectivity index (χ0) is 11.0. The Balaban J connectivity index is 1.77. The van der Waals surface area contributed by atoms with Crippen molar-refractivity contribution in [3.05, 3.63) is 23.8 Å². The Hall–Kier alpha value is -1.22. The highest BCUT2D eigenvalue weighted by Gasteiger charge is 2.25. The minimum atomic E-state index is 0.334. The van der Waals surface area contributed by atoms with Gasteiger partial charge < -0.3 is 15.2 Å². The molecule has 1 aliphatic carbocycles. The number of benzene rings is 1. The van der Waals surface area contributed by atoms with E-state index in [1.165, 1.54) is 12.8 Å². The molecule has 0 radical (unpaired) electrons. The van der Waals surface area contributed by atoms with Crippen molar-refractivity contribution < 1.29 is 9.84 Å². The second-order valence-electron chi connectivity index (χ2n) is 4.74. The van der Waals surface area contributed by atoms with Gasteiger partial charge in [-0.15, -0.1) is 0 Å². The predicted molar refractivity (Wildman–Crippen MR) is 62.0 cm³/mol. The number of hydrogen-bond donors (Lipinski definition) is 2. The normalized spacial score (nSPS) is 23.6. The SMILES string of the molecule is Oc1ccc2c(c1)C(CNC1CC1)CCO2. The average Bonchev–Trinajstić information content (AvgIpc) is 3.10. The molecule has 2 aliphatic rings. The Labute approximate surface area is 95.4 Å². The smallest absolute Gasteiger partial charge is 0.123 e. The number of rotatable bonds is 3. The van der Waals surface area contributed by atoms with Gasteiger partial charge in [0.25, 0.3) is 0 Å². The van der Waals surface area contributed by atoms with Crippen molar-refractivity contribution in [2.24, 2.45) is 0 Å². The summed E-state index contributed by atoms with van der Waals surface area (Å²) in [6.45, 7) is 1.79. The molecule has 86 valence electrons. The van der Waals surface area contributed by atoms with Gasteiger partial charge in [-0.05, 0) is 37.5 Å². The Morgan fingerprint density at radius 2 is 2.19 bits per heavy atom. The molecule has 1 unspecified atom stereocenters. The van der Waals surface area contributed by atoms with E-state index in [9.17, 15) is 5.11 Å². The molecule has 0 aromatic heterocycles. The van der Waals surface area contributed by atoms with Crippen LogP contribution in [0, 0.1) is 0 Å². The highest BCUT2D eigenvalue weighted by atomic mass is 16.5. The Kier molecular flexibility index (Phi) is 2.48. The second kappa shape index (κ2) is 3.98. The third kappa shape index (κ3) is 2.00. The molecule has 1 aromatic carbocycles. The molecule has 1 aliphatic heterocycles. The molecule has 0 bridgehead atoms. The number of phenols is 1. The van der Waals surface area contributed by atoms with Gasteiger partial charge in [-0.3, -0.25) is 0 Å². The Morgan fingerprint density at radius 3 is 3.00 bits per heavy atom. The number of aromatic hydroxyl groups is 1. The molecule has 0 amide bonds. The number of fused-ring (bicyclic) bond motifs is 1. The van der Waals surface area contributed by atoms with E-state index in [-0.39, 0.29) is 0 Å². The molecular weight excluding hydrogens is 202 g/mol. The van der Waals surface area contributed by atoms with Gasteiger partial charge in [-0.2, -0.15) is 0 Å². The van der Waals surface area contributed by atoms with Crippen molar-refractivity contribution in [2.75, 3.05) is 13.2 Å². The molecule has 3 heteroatoms. The molecule has 1 fully saturated rings. The molecule has 0 spiro atoms. The standard InChI is InChI=1S/C13H17NO2/c15-11-3-4-13-12(7-11)9(5-6-16-13)8-14-10-1-2-10/h3-4,7,9-10,14-15H,1-2,5-6,8H2. The van der Waals surface area contributed by atoms with Crippen molar-refractivity contribution in [1.29, 1.82) is 0 Å². The quantitative estimate of drug-likeness (QED) is 0.817. The molecule has 2 N–H and O–H groups in total. The third-order valence-corrected chi connectivity index (χ3v) is 3.39. The van der Waals surface area contributed by atoms with Crippen LogP contribution in [0.15, 0.2) is 18.2 Å². The van der Waals surface area contributed by atoms with Crippen LogP contribution in [0.2, 0.25) is 0 Å². The van der Waals surface area contributed by atoms with E-state index in [1.54, 1.807) is 6.07 Å². The lowest BCUT2D eigenvalue weighted by Gasteiger charge is -2.26. The summed E-state index contributed by atoms with van der Waals surface area (Å²) in [4.78, 5) is 0. The predicted octanol–water partition coefficient (Wildman–Crippen LogP) is 2.01. The maximum atomic E-state index is 9.52. The molecule has 3 rings (SSSR count). The van der Waals surface area contributed by atoms with Gasteiger partial charge in [0.1, 0.15) is 11.5 Å². The topological polar surface area (TPSA) is 41.5 Å². The first-order chi connectivity index (χ1) is 7.83. The lowest BCUT2D eigenvalue weighted by molar-refractivity contribution is 0.263. The highest BCUT2D eigenvalue weighted by molar-refractivity contribution is 5.43. The minimum Gasteiger partial charge on any atom is -0.508 e. The molecule has 1 aromatic rings. The first-order valence-electron chi connectivity index (χ1n) is 6.02. The van der Waals surface area contributed by atoms with Crippen LogP contribution < -0.4 is 10.1 Å². The molecule has 3 nitrogen and oxygen atoms in total. The zero-order valence-corrected chi connectivity index (χ0v) is 9.28. The van der Waals surface area contributed by atoms with Gasteiger partial charge in [0.2, 0.25) is 0 Å². The number of hydrogen-bond acceptors (Lipinski definition) is 3. The van der Waals surface area contributed by atoms with E-state index >= 15 is 0 Å². The zero-order valence-electron chi connectivity index (χ0n) is 9.28. The summed E-state index contributed by atoms with van der Waals surface area (Å²) in [7, 11) is 0. The van der Waals surface area contributed by atoms with E-state index in [2.05, 4.69) is 5.32 Å². The Morgan fingerprint density at radius 1 is 1.31 bits per heavy atom. The van der Waals surface area contributed by atoms with Gasteiger partial charge >= 0.3 is 0 Å². The highest BCUT2D eigenvalue weighted by Crippen LogP contribution is 2.36. The van der Waals surface area contributed by atoms with Crippen LogP contribution in [0.25, 0.3) is 0 Å². The van der Waals surface area contributed by atoms with E-state index in [0.29, 0.717) is 11.7 Å². The minimum absolute atomic E-state index is 0.334. The van der Waals surface area contributed by atoms with Crippen molar-refractivity contribution in [2.45, 2.75) is 31.2 Å². The van der Waals surface area contributed by atoms with Crippen LogP contribution in [0.1, 0.15) is 30.7 Å². The molecule has 1 heterocycles. The van der Waals surface area contributed by atoms with Crippen molar-refractivity contribution in [3.8, 4) is 11.5 Å². The van der Waals surface area contributed by atoms with Crippen LogP contribution in [0.5, 0.6) is 11.5 Å². The van der Waals surface area contributed by atoms with Crippen LogP contribution >= 0.6 is 0 Å². The second-order valence-corrected chi connectivity index (χ2v) is 4.74. The number of phenolic OH excluding ortho intramolecular Hbond substituents is 1. The number of nitrogens with one attached hydrogen (secondary N) is 1. The lowest BCUT2D eigenvalue weighted by atomic mass is 9.93. The van der Waals surface area contributed by atoms with E-state index in [0.717, 1.165) is 36.9 Å². The molecule has 1 atom stereocenters. The van der Waals surface area contributed by atoms with Gasteiger partial charge in [-0.25, -0.2) is 0 Å².